The van der Waals surface area contributed by atoms with Gasteiger partial charge < -0.3 is 4.90 Å². The van der Waals surface area contributed by atoms with Gasteiger partial charge in [-0.2, -0.15) is 0 Å². The van der Waals surface area contributed by atoms with Gasteiger partial charge in [0.25, 0.3) is 0 Å². The van der Waals surface area contributed by atoms with E-state index in [0.717, 1.165) is 24.8 Å². The SMILES string of the molecule is CN(CCCC1CC(c2ccccc2)NN1)C(=O)Cc1ccc(S(N)(=O)=O)cc1. The zero-order chi connectivity index (χ0) is 20.9. The topological polar surface area (TPSA) is 105 Å². The highest BCUT2D eigenvalue weighted by atomic mass is 32.2. The highest BCUT2D eigenvalue weighted by Crippen LogP contribution is 2.23. The Morgan fingerprint density at radius 2 is 1.79 bits per heavy atom. The fourth-order valence-electron chi connectivity index (χ4n) is 3.52. The van der Waals surface area contributed by atoms with Gasteiger partial charge in [-0.25, -0.2) is 13.6 Å². The Labute approximate surface area is 172 Å². The van der Waals surface area contributed by atoms with Crippen molar-refractivity contribution in [2.75, 3.05) is 13.6 Å². The van der Waals surface area contributed by atoms with Gasteiger partial charge in [0.2, 0.25) is 15.9 Å². The van der Waals surface area contributed by atoms with Gasteiger partial charge in [0.15, 0.2) is 0 Å². The van der Waals surface area contributed by atoms with E-state index in [2.05, 4.69) is 23.0 Å². The summed E-state index contributed by atoms with van der Waals surface area (Å²) in [7, 11) is -1.91. The molecule has 156 valence electrons. The summed E-state index contributed by atoms with van der Waals surface area (Å²) in [5, 5.41) is 5.09. The van der Waals surface area contributed by atoms with E-state index in [1.54, 1.807) is 24.1 Å². The molecule has 3 rings (SSSR count). The average molecular weight is 417 g/mol. The van der Waals surface area contributed by atoms with Crippen LogP contribution in [-0.4, -0.2) is 38.9 Å². The van der Waals surface area contributed by atoms with E-state index in [9.17, 15) is 13.2 Å². The summed E-state index contributed by atoms with van der Waals surface area (Å²) in [4.78, 5) is 14.2. The van der Waals surface area contributed by atoms with Crippen LogP contribution < -0.4 is 16.0 Å². The van der Waals surface area contributed by atoms with Crippen LogP contribution in [-0.2, 0) is 21.2 Å². The Morgan fingerprint density at radius 1 is 1.10 bits per heavy atom. The minimum atomic E-state index is -3.71. The fourth-order valence-corrected chi connectivity index (χ4v) is 4.04. The summed E-state index contributed by atoms with van der Waals surface area (Å²) >= 11 is 0. The van der Waals surface area contributed by atoms with Crippen molar-refractivity contribution in [3.63, 3.8) is 0 Å². The molecule has 0 saturated carbocycles. The first kappa shape index (κ1) is 21.4. The molecule has 8 heteroatoms. The highest BCUT2D eigenvalue weighted by Gasteiger charge is 2.24. The first-order valence-electron chi connectivity index (χ1n) is 9.74. The lowest BCUT2D eigenvalue weighted by atomic mass is 10.00. The molecule has 0 aromatic heterocycles. The Morgan fingerprint density at radius 3 is 2.45 bits per heavy atom. The number of nitrogens with zero attached hydrogens (tertiary/aromatic N) is 1. The third-order valence-corrected chi connectivity index (χ3v) is 6.19. The van der Waals surface area contributed by atoms with Crippen LogP contribution in [0.4, 0.5) is 0 Å². The first-order valence-corrected chi connectivity index (χ1v) is 11.3. The molecule has 2 unspecified atom stereocenters. The van der Waals surface area contributed by atoms with Gasteiger partial charge in [0.1, 0.15) is 0 Å². The molecular weight excluding hydrogens is 388 g/mol. The van der Waals surface area contributed by atoms with Crippen LogP contribution in [0.3, 0.4) is 0 Å². The Hall–Kier alpha value is -2.26. The molecule has 1 amide bonds. The quantitative estimate of drug-likeness (QED) is 0.608. The zero-order valence-corrected chi connectivity index (χ0v) is 17.4. The molecule has 0 spiro atoms. The van der Waals surface area contributed by atoms with Crippen LogP contribution >= 0.6 is 0 Å². The van der Waals surface area contributed by atoms with Crippen LogP contribution in [0.5, 0.6) is 0 Å². The number of hydrogen-bond donors (Lipinski definition) is 3. The lowest BCUT2D eigenvalue weighted by molar-refractivity contribution is -0.129. The Balaban J connectivity index is 1.40. The van der Waals surface area contributed by atoms with E-state index in [1.165, 1.54) is 17.7 Å². The van der Waals surface area contributed by atoms with E-state index in [4.69, 9.17) is 5.14 Å². The molecule has 0 bridgehead atoms. The van der Waals surface area contributed by atoms with Gasteiger partial charge in [-0.05, 0) is 42.5 Å². The molecule has 0 radical (unpaired) electrons. The van der Waals surface area contributed by atoms with Crippen LogP contribution in [0.2, 0.25) is 0 Å². The number of sulfonamides is 1. The highest BCUT2D eigenvalue weighted by molar-refractivity contribution is 7.89. The Kier molecular flexibility index (Phi) is 7.02. The van der Waals surface area contributed by atoms with Crippen molar-refractivity contribution in [3.05, 3.63) is 65.7 Å². The average Bonchev–Trinajstić information content (AvgIpc) is 3.17. The van der Waals surface area contributed by atoms with Crippen molar-refractivity contribution in [1.29, 1.82) is 0 Å². The van der Waals surface area contributed by atoms with E-state index in [0.29, 0.717) is 18.6 Å². The van der Waals surface area contributed by atoms with Crippen molar-refractivity contribution in [3.8, 4) is 0 Å². The van der Waals surface area contributed by atoms with Crippen molar-refractivity contribution < 1.29 is 13.2 Å². The number of carbonyl (C=O) groups is 1. The number of rotatable bonds is 8. The maximum absolute atomic E-state index is 12.4. The minimum absolute atomic E-state index is 0.00743. The van der Waals surface area contributed by atoms with Gasteiger partial charge in [0, 0.05) is 25.7 Å². The van der Waals surface area contributed by atoms with E-state index in [1.807, 2.05) is 18.2 Å². The number of carbonyl (C=O) groups excluding carboxylic acids is 1. The molecule has 1 aliphatic heterocycles. The van der Waals surface area contributed by atoms with Gasteiger partial charge in [0.05, 0.1) is 11.3 Å². The monoisotopic (exact) mass is 416 g/mol. The third-order valence-electron chi connectivity index (χ3n) is 5.26. The molecule has 29 heavy (non-hydrogen) atoms. The third kappa shape index (κ3) is 6.11. The summed E-state index contributed by atoms with van der Waals surface area (Å²) in [6.45, 7) is 0.683. The van der Waals surface area contributed by atoms with Crippen molar-refractivity contribution in [1.82, 2.24) is 15.8 Å². The lowest BCUT2D eigenvalue weighted by Gasteiger charge is -2.18. The van der Waals surface area contributed by atoms with Gasteiger partial charge in [-0.3, -0.25) is 15.6 Å². The number of nitrogens with two attached hydrogens (primary N) is 1. The molecule has 1 fully saturated rings. The summed E-state index contributed by atoms with van der Waals surface area (Å²) in [6.07, 6.45) is 3.16. The summed E-state index contributed by atoms with van der Waals surface area (Å²) in [5.41, 5.74) is 8.75. The summed E-state index contributed by atoms with van der Waals surface area (Å²) in [5.74, 6) is 0.00743. The van der Waals surface area contributed by atoms with Gasteiger partial charge in [-0.1, -0.05) is 42.5 Å². The number of amides is 1. The van der Waals surface area contributed by atoms with Crippen LogP contribution in [0.1, 0.15) is 36.4 Å². The fraction of sp³-hybridized carbons (Fsp3) is 0.381. The normalized spacial score (nSPS) is 19.2. The predicted octanol–water partition coefficient (Wildman–Crippen LogP) is 1.72. The van der Waals surface area contributed by atoms with Crippen molar-refractivity contribution in [2.24, 2.45) is 5.14 Å². The molecule has 7 nitrogen and oxygen atoms in total. The molecule has 4 N–H and O–H groups in total. The number of likely N-dealkylation sites (N-methyl/N-ethyl adjacent to an activating group) is 1. The molecule has 1 aliphatic rings. The number of hydrogen-bond acceptors (Lipinski definition) is 5. The second kappa shape index (κ2) is 9.49. The van der Waals surface area contributed by atoms with E-state index >= 15 is 0 Å². The second-order valence-electron chi connectivity index (χ2n) is 7.51. The predicted molar refractivity (Wildman–Crippen MR) is 112 cm³/mol. The standard InChI is InChI=1S/C21H28N4O3S/c1-25(21(26)14-16-9-11-19(12-10-16)29(22,27)28)13-5-8-18-15-20(24-23-18)17-6-3-2-4-7-17/h2-4,6-7,9-12,18,20,23-24H,5,8,13-15H2,1H3,(H2,22,27,28). The van der Waals surface area contributed by atoms with Crippen LogP contribution in [0.15, 0.2) is 59.5 Å². The minimum Gasteiger partial charge on any atom is -0.345 e. The molecule has 0 aliphatic carbocycles. The van der Waals surface area contributed by atoms with Gasteiger partial charge in [-0.15, -0.1) is 0 Å². The zero-order valence-electron chi connectivity index (χ0n) is 16.5. The van der Waals surface area contributed by atoms with E-state index in [-0.39, 0.29) is 17.2 Å². The molecule has 2 aromatic carbocycles. The maximum Gasteiger partial charge on any atom is 0.238 e. The molecule has 2 aromatic rings. The lowest BCUT2D eigenvalue weighted by Crippen LogP contribution is -2.33. The summed E-state index contributed by atoms with van der Waals surface area (Å²) < 4.78 is 22.6. The molecule has 1 saturated heterocycles. The van der Waals surface area contributed by atoms with Crippen LogP contribution in [0, 0.1) is 0 Å². The number of nitrogens with one attached hydrogen (secondary N) is 2. The number of hydrazine groups is 1. The number of primary sulfonamides is 1. The molecule has 2 atom stereocenters. The van der Waals surface area contributed by atoms with Gasteiger partial charge >= 0.3 is 0 Å². The van der Waals surface area contributed by atoms with E-state index < -0.39 is 10.0 Å². The molecule has 1 heterocycles. The first-order chi connectivity index (χ1) is 13.8. The summed E-state index contributed by atoms with van der Waals surface area (Å²) in [6, 6.07) is 17.2. The Bertz CT molecular complexity index is 917. The second-order valence-corrected chi connectivity index (χ2v) is 9.07. The van der Waals surface area contributed by atoms with Crippen LogP contribution in [0.25, 0.3) is 0 Å². The largest absolute Gasteiger partial charge is 0.345 e. The molecular formula is C21H28N4O3S. The van der Waals surface area contributed by atoms with Crippen molar-refractivity contribution in [2.45, 2.75) is 42.7 Å². The maximum atomic E-state index is 12.4. The number of benzene rings is 2. The van der Waals surface area contributed by atoms with Crippen molar-refractivity contribution >= 4 is 15.9 Å². The smallest absolute Gasteiger partial charge is 0.238 e.